The number of thiophene rings is 1. The molecule has 17 heavy (non-hydrogen) atoms. The molecule has 2 aromatic heterocycles. The highest BCUT2D eigenvalue weighted by Gasteiger charge is 2.23. The van der Waals surface area contributed by atoms with Gasteiger partial charge in [0.15, 0.2) is 0 Å². The Balaban J connectivity index is 2.53. The summed E-state index contributed by atoms with van der Waals surface area (Å²) in [5.74, 6) is 7.63. The minimum absolute atomic E-state index is 0.0127. The van der Waals surface area contributed by atoms with E-state index in [9.17, 15) is 0 Å². The molecule has 0 radical (unpaired) electrons. The zero-order chi connectivity index (χ0) is 12.6. The fourth-order valence-electron chi connectivity index (χ4n) is 2.26. The molecule has 0 aliphatic heterocycles. The highest BCUT2D eigenvalue weighted by atomic mass is 32.1. The fraction of sp³-hybridized carbons (Fsp3) is 0.385. The van der Waals surface area contributed by atoms with Crippen LogP contribution in [0.2, 0.25) is 0 Å². The van der Waals surface area contributed by atoms with Crippen LogP contribution in [0.3, 0.4) is 0 Å². The van der Waals surface area contributed by atoms with E-state index in [1.54, 1.807) is 11.3 Å². The molecular formula is C13H18N2OS. The van der Waals surface area contributed by atoms with Crippen molar-refractivity contribution in [3.8, 4) is 0 Å². The van der Waals surface area contributed by atoms with Crippen LogP contribution in [-0.2, 0) is 0 Å². The summed E-state index contributed by atoms with van der Waals surface area (Å²) in [7, 11) is 0. The smallest absolute Gasteiger partial charge is 0.106 e. The van der Waals surface area contributed by atoms with E-state index in [1.807, 2.05) is 13.8 Å². The molecule has 2 rings (SSSR count). The number of aryl methyl sites for hydroxylation is 3. The van der Waals surface area contributed by atoms with Gasteiger partial charge in [0.05, 0.1) is 6.04 Å². The quantitative estimate of drug-likeness (QED) is 0.650. The van der Waals surface area contributed by atoms with Gasteiger partial charge in [0.25, 0.3) is 0 Å². The first-order chi connectivity index (χ1) is 8.06. The summed E-state index contributed by atoms with van der Waals surface area (Å²) in [4.78, 5) is 1.28. The Morgan fingerprint density at radius 3 is 2.35 bits per heavy atom. The third kappa shape index (κ3) is 2.04. The van der Waals surface area contributed by atoms with Gasteiger partial charge in [-0.15, -0.1) is 11.3 Å². The summed E-state index contributed by atoms with van der Waals surface area (Å²) in [5.41, 5.74) is 6.47. The Morgan fingerprint density at radius 2 is 1.94 bits per heavy atom. The standard InChI is InChI=1S/C13H18N2OS/c1-7-8(2)16-9(3)12(7)13(15-14)11-5-6-17-10(11)4/h5-6,13,15H,14H2,1-4H3. The van der Waals surface area contributed by atoms with Crippen LogP contribution in [0.15, 0.2) is 15.9 Å². The molecule has 0 saturated carbocycles. The third-order valence-corrected chi connectivity index (χ3v) is 4.14. The molecule has 0 amide bonds. The fourth-order valence-corrected chi connectivity index (χ4v) is 3.00. The second-order valence-electron chi connectivity index (χ2n) is 4.28. The van der Waals surface area contributed by atoms with Gasteiger partial charge in [0, 0.05) is 10.4 Å². The Morgan fingerprint density at radius 1 is 1.24 bits per heavy atom. The summed E-state index contributed by atoms with van der Waals surface area (Å²) in [6.45, 7) is 8.16. The van der Waals surface area contributed by atoms with Crippen LogP contribution < -0.4 is 11.3 Å². The first-order valence-electron chi connectivity index (χ1n) is 5.62. The Kier molecular flexibility index (Phi) is 3.38. The number of rotatable bonds is 3. The van der Waals surface area contributed by atoms with Gasteiger partial charge in [0.1, 0.15) is 11.5 Å². The van der Waals surface area contributed by atoms with Gasteiger partial charge in [-0.3, -0.25) is 5.84 Å². The minimum Gasteiger partial charge on any atom is -0.466 e. The molecule has 4 heteroatoms. The second kappa shape index (κ2) is 4.64. The van der Waals surface area contributed by atoms with E-state index < -0.39 is 0 Å². The number of furan rings is 1. The van der Waals surface area contributed by atoms with E-state index in [-0.39, 0.29) is 6.04 Å². The molecule has 0 saturated heterocycles. The van der Waals surface area contributed by atoms with Gasteiger partial charge < -0.3 is 4.42 Å². The molecule has 1 atom stereocenters. The molecule has 2 heterocycles. The number of hydrazine groups is 1. The summed E-state index contributed by atoms with van der Waals surface area (Å²) < 4.78 is 5.67. The molecule has 1 unspecified atom stereocenters. The van der Waals surface area contributed by atoms with Crippen LogP contribution in [0.25, 0.3) is 0 Å². The third-order valence-electron chi connectivity index (χ3n) is 3.28. The molecule has 0 spiro atoms. The van der Waals surface area contributed by atoms with Crippen LogP contribution in [0.4, 0.5) is 0 Å². The predicted octanol–water partition coefficient (Wildman–Crippen LogP) is 3.13. The monoisotopic (exact) mass is 250 g/mol. The van der Waals surface area contributed by atoms with E-state index in [2.05, 4.69) is 30.7 Å². The minimum atomic E-state index is 0.0127. The molecule has 0 fully saturated rings. The second-order valence-corrected chi connectivity index (χ2v) is 5.41. The maximum absolute atomic E-state index is 5.72. The van der Waals surface area contributed by atoms with E-state index in [0.29, 0.717) is 0 Å². The average molecular weight is 250 g/mol. The van der Waals surface area contributed by atoms with Crippen LogP contribution >= 0.6 is 11.3 Å². The molecule has 92 valence electrons. The highest BCUT2D eigenvalue weighted by molar-refractivity contribution is 7.10. The van der Waals surface area contributed by atoms with E-state index in [1.165, 1.54) is 16.0 Å². The lowest BCUT2D eigenvalue weighted by Crippen LogP contribution is -2.29. The zero-order valence-electron chi connectivity index (χ0n) is 10.6. The first kappa shape index (κ1) is 12.4. The SMILES string of the molecule is Cc1oc(C)c(C(NN)c2ccsc2C)c1C. The molecular weight excluding hydrogens is 232 g/mol. The van der Waals surface area contributed by atoms with E-state index >= 15 is 0 Å². The maximum atomic E-state index is 5.72. The lowest BCUT2D eigenvalue weighted by molar-refractivity contribution is 0.494. The molecule has 3 nitrogen and oxygen atoms in total. The largest absolute Gasteiger partial charge is 0.466 e. The lowest BCUT2D eigenvalue weighted by Gasteiger charge is -2.16. The van der Waals surface area contributed by atoms with Crippen molar-refractivity contribution < 1.29 is 4.42 Å². The molecule has 3 N–H and O–H groups in total. The van der Waals surface area contributed by atoms with Crippen LogP contribution in [0.5, 0.6) is 0 Å². The number of nitrogens with one attached hydrogen (secondary N) is 1. The summed E-state index contributed by atoms with van der Waals surface area (Å²) in [6.07, 6.45) is 0. The van der Waals surface area contributed by atoms with Crippen LogP contribution in [0.1, 0.15) is 39.1 Å². The van der Waals surface area contributed by atoms with Crippen molar-refractivity contribution in [1.82, 2.24) is 5.43 Å². The normalized spacial score (nSPS) is 13.0. The Hall–Kier alpha value is -1.10. The summed E-state index contributed by atoms with van der Waals surface area (Å²) in [5, 5.41) is 2.09. The summed E-state index contributed by atoms with van der Waals surface area (Å²) in [6, 6.07) is 2.13. The van der Waals surface area contributed by atoms with Gasteiger partial charge >= 0.3 is 0 Å². The molecule has 0 aliphatic carbocycles. The average Bonchev–Trinajstić information content (AvgIpc) is 2.79. The van der Waals surface area contributed by atoms with Crippen LogP contribution in [-0.4, -0.2) is 0 Å². The van der Waals surface area contributed by atoms with Crippen molar-refractivity contribution in [2.45, 2.75) is 33.7 Å². The number of hydrogen-bond donors (Lipinski definition) is 2. The van der Waals surface area contributed by atoms with Crippen molar-refractivity contribution >= 4 is 11.3 Å². The summed E-state index contributed by atoms with van der Waals surface area (Å²) >= 11 is 1.74. The van der Waals surface area contributed by atoms with Gasteiger partial charge in [-0.2, -0.15) is 0 Å². The topological polar surface area (TPSA) is 51.2 Å². The lowest BCUT2D eigenvalue weighted by atomic mass is 9.96. The maximum Gasteiger partial charge on any atom is 0.106 e. The number of hydrogen-bond acceptors (Lipinski definition) is 4. The van der Waals surface area contributed by atoms with Crippen LogP contribution in [0, 0.1) is 27.7 Å². The van der Waals surface area contributed by atoms with Crippen molar-refractivity contribution in [2.24, 2.45) is 5.84 Å². The van der Waals surface area contributed by atoms with Gasteiger partial charge in [-0.05, 0) is 50.3 Å². The zero-order valence-corrected chi connectivity index (χ0v) is 11.4. The van der Waals surface area contributed by atoms with Crippen molar-refractivity contribution in [3.05, 3.63) is 44.5 Å². The van der Waals surface area contributed by atoms with Crippen molar-refractivity contribution in [1.29, 1.82) is 0 Å². The predicted molar refractivity (Wildman–Crippen MR) is 71.1 cm³/mol. The van der Waals surface area contributed by atoms with Crippen molar-refractivity contribution in [2.75, 3.05) is 0 Å². The number of nitrogens with two attached hydrogens (primary N) is 1. The molecule has 2 aromatic rings. The molecule has 0 bridgehead atoms. The van der Waals surface area contributed by atoms with E-state index in [4.69, 9.17) is 10.3 Å². The van der Waals surface area contributed by atoms with E-state index in [0.717, 1.165) is 17.1 Å². The highest BCUT2D eigenvalue weighted by Crippen LogP contribution is 2.33. The van der Waals surface area contributed by atoms with Gasteiger partial charge in [-0.1, -0.05) is 0 Å². The Bertz CT molecular complexity index is 528. The molecule has 0 aromatic carbocycles. The van der Waals surface area contributed by atoms with Crippen molar-refractivity contribution in [3.63, 3.8) is 0 Å². The first-order valence-corrected chi connectivity index (χ1v) is 6.50. The van der Waals surface area contributed by atoms with Gasteiger partial charge in [0.2, 0.25) is 0 Å². The van der Waals surface area contributed by atoms with Gasteiger partial charge in [-0.25, -0.2) is 5.43 Å². The Labute approximate surface area is 106 Å². The molecule has 0 aliphatic rings.